The molecule has 1 saturated carbocycles. The topological polar surface area (TPSA) is 67.9 Å². The van der Waals surface area contributed by atoms with Crippen LogP contribution in [0.15, 0.2) is 42.5 Å². The van der Waals surface area contributed by atoms with Crippen molar-refractivity contribution in [1.82, 2.24) is 10.2 Å². The predicted octanol–water partition coefficient (Wildman–Crippen LogP) is 5.77. The van der Waals surface area contributed by atoms with Crippen LogP contribution in [0.4, 0.5) is 4.39 Å². The van der Waals surface area contributed by atoms with Crippen molar-refractivity contribution in [2.45, 2.75) is 77.1 Å². The molecule has 1 N–H and O–H groups in total. The molecular weight excluding hydrogens is 483 g/mol. The summed E-state index contributed by atoms with van der Waals surface area (Å²) < 4.78 is 24.9. The largest absolute Gasteiger partial charge is 0.493 e. The van der Waals surface area contributed by atoms with Gasteiger partial charge in [-0.2, -0.15) is 0 Å². The van der Waals surface area contributed by atoms with E-state index in [4.69, 9.17) is 21.1 Å². The Labute approximate surface area is 218 Å². The second-order valence-corrected chi connectivity index (χ2v) is 9.73. The van der Waals surface area contributed by atoms with E-state index in [1.165, 1.54) is 24.1 Å². The number of hydrogen-bond donors (Lipinski definition) is 1. The van der Waals surface area contributed by atoms with Crippen molar-refractivity contribution in [3.8, 4) is 11.5 Å². The molecule has 0 aromatic heterocycles. The molecule has 1 aliphatic carbocycles. The van der Waals surface area contributed by atoms with Crippen molar-refractivity contribution in [3.05, 3.63) is 59.4 Å². The van der Waals surface area contributed by atoms with E-state index in [1.54, 1.807) is 30.3 Å². The molecule has 1 atom stereocenters. The summed E-state index contributed by atoms with van der Waals surface area (Å²) in [6.07, 6.45) is 6.19. The fraction of sp³-hybridized carbons (Fsp3) is 0.500. The second kappa shape index (κ2) is 13.5. The molecular formula is C28H36ClFN2O4. The van der Waals surface area contributed by atoms with Gasteiger partial charge in [-0.15, -0.1) is 11.6 Å². The van der Waals surface area contributed by atoms with Gasteiger partial charge in [0, 0.05) is 12.6 Å². The Balaban J connectivity index is 2.01. The SMILES string of the molecule is COc1cc(C(C(=O)NC2CCCCCC2)N(Cc2ccc(F)cc2)C(=O)CCl)ccc1OC(C)C. The maximum Gasteiger partial charge on any atom is 0.247 e. The van der Waals surface area contributed by atoms with Crippen LogP contribution >= 0.6 is 11.6 Å². The number of amides is 2. The lowest BCUT2D eigenvalue weighted by Gasteiger charge is -2.32. The van der Waals surface area contributed by atoms with Gasteiger partial charge in [-0.25, -0.2) is 4.39 Å². The molecule has 6 nitrogen and oxygen atoms in total. The van der Waals surface area contributed by atoms with Gasteiger partial charge >= 0.3 is 0 Å². The fourth-order valence-corrected chi connectivity index (χ4v) is 4.72. The van der Waals surface area contributed by atoms with E-state index in [0.29, 0.717) is 22.6 Å². The smallest absolute Gasteiger partial charge is 0.247 e. The third kappa shape index (κ3) is 7.60. The minimum Gasteiger partial charge on any atom is -0.493 e. The van der Waals surface area contributed by atoms with Crippen LogP contribution in [0, 0.1) is 5.82 Å². The molecule has 196 valence electrons. The minimum atomic E-state index is -0.952. The van der Waals surface area contributed by atoms with E-state index < -0.39 is 11.9 Å². The van der Waals surface area contributed by atoms with Gasteiger partial charge < -0.3 is 19.7 Å². The van der Waals surface area contributed by atoms with E-state index in [-0.39, 0.29) is 36.3 Å². The molecule has 2 aromatic carbocycles. The standard InChI is InChI=1S/C28H36ClFN2O4/c1-19(2)36-24-15-12-21(16-25(24)35-3)27(28(34)31-23-8-6-4-5-7-9-23)32(26(33)17-29)18-20-10-13-22(30)14-11-20/h10-16,19,23,27H,4-9,17-18H2,1-3H3,(H,31,34). The van der Waals surface area contributed by atoms with Crippen molar-refractivity contribution < 1.29 is 23.5 Å². The Kier molecular flexibility index (Phi) is 10.4. The highest BCUT2D eigenvalue weighted by atomic mass is 35.5. The highest BCUT2D eigenvalue weighted by Crippen LogP contribution is 2.34. The van der Waals surface area contributed by atoms with Crippen LogP contribution < -0.4 is 14.8 Å². The van der Waals surface area contributed by atoms with Gasteiger partial charge in [-0.1, -0.05) is 43.9 Å². The van der Waals surface area contributed by atoms with Gasteiger partial charge in [0.25, 0.3) is 0 Å². The van der Waals surface area contributed by atoms with E-state index in [9.17, 15) is 14.0 Å². The first-order valence-electron chi connectivity index (χ1n) is 12.6. The van der Waals surface area contributed by atoms with Gasteiger partial charge in [-0.05, 0) is 62.1 Å². The van der Waals surface area contributed by atoms with Crippen LogP contribution in [0.1, 0.15) is 69.5 Å². The number of hydrogen-bond acceptors (Lipinski definition) is 4. The molecule has 0 aliphatic heterocycles. The molecule has 2 amide bonds. The van der Waals surface area contributed by atoms with Crippen LogP contribution in [0.5, 0.6) is 11.5 Å². The van der Waals surface area contributed by atoms with Crippen LogP contribution in [0.2, 0.25) is 0 Å². The molecule has 2 aromatic rings. The summed E-state index contributed by atoms with van der Waals surface area (Å²) >= 11 is 6.00. The number of ether oxygens (including phenoxy) is 2. The number of carbonyl (C=O) groups excluding carboxylic acids is 2. The average molecular weight is 519 g/mol. The number of methoxy groups -OCH3 is 1. The number of carbonyl (C=O) groups is 2. The summed E-state index contributed by atoms with van der Waals surface area (Å²) in [4.78, 5) is 28.4. The first-order chi connectivity index (χ1) is 17.3. The molecule has 0 spiro atoms. The monoisotopic (exact) mass is 518 g/mol. The van der Waals surface area contributed by atoms with Gasteiger partial charge in [0.1, 0.15) is 17.7 Å². The zero-order valence-electron chi connectivity index (χ0n) is 21.3. The summed E-state index contributed by atoms with van der Waals surface area (Å²) in [5.74, 6) is -0.325. The number of benzene rings is 2. The zero-order chi connectivity index (χ0) is 26.1. The Morgan fingerprint density at radius 2 is 1.72 bits per heavy atom. The Morgan fingerprint density at radius 3 is 2.31 bits per heavy atom. The highest BCUT2D eigenvalue weighted by Gasteiger charge is 2.33. The van der Waals surface area contributed by atoms with Crippen molar-refractivity contribution in [3.63, 3.8) is 0 Å². The van der Waals surface area contributed by atoms with Crippen LogP contribution in [-0.4, -0.2) is 41.8 Å². The van der Waals surface area contributed by atoms with Gasteiger partial charge in [0.15, 0.2) is 11.5 Å². The van der Waals surface area contributed by atoms with Crippen molar-refractivity contribution in [2.24, 2.45) is 0 Å². The van der Waals surface area contributed by atoms with Gasteiger partial charge in [0.05, 0.1) is 13.2 Å². The highest BCUT2D eigenvalue weighted by molar-refractivity contribution is 6.27. The Bertz CT molecular complexity index is 1010. The van der Waals surface area contributed by atoms with E-state index in [0.717, 1.165) is 38.5 Å². The molecule has 1 aliphatic rings. The molecule has 0 saturated heterocycles. The molecule has 1 unspecified atom stereocenters. The van der Waals surface area contributed by atoms with Crippen LogP contribution in [-0.2, 0) is 16.1 Å². The van der Waals surface area contributed by atoms with Gasteiger partial charge in [-0.3, -0.25) is 9.59 Å². The lowest BCUT2D eigenvalue weighted by molar-refractivity contribution is -0.140. The zero-order valence-corrected chi connectivity index (χ0v) is 22.0. The van der Waals surface area contributed by atoms with E-state index in [2.05, 4.69) is 5.32 Å². The summed E-state index contributed by atoms with van der Waals surface area (Å²) in [6.45, 7) is 3.93. The Hall–Kier alpha value is -2.80. The number of nitrogens with one attached hydrogen (secondary N) is 1. The molecule has 36 heavy (non-hydrogen) atoms. The summed E-state index contributed by atoms with van der Waals surface area (Å²) in [6, 6.07) is 10.2. The maximum atomic E-state index is 13.8. The average Bonchev–Trinajstić information content (AvgIpc) is 3.13. The third-order valence-electron chi connectivity index (χ3n) is 6.33. The lowest BCUT2D eigenvalue weighted by Crippen LogP contribution is -2.46. The first-order valence-corrected chi connectivity index (χ1v) is 13.1. The molecule has 1 fully saturated rings. The maximum absolute atomic E-state index is 13.8. The van der Waals surface area contributed by atoms with Crippen molar-refractivity contribution in [1.29, 1.82) is 0 Å². The van der Waals surface area contributed by atoms with Crippen molar-refractivity contribution >= 4 is 23.4 Å². The molecule has 0 heterocycles. The number of halogens is 2. The van der Waals surface area contributed by atoms with Crippen LogP contribution in [0.3, 0.4) is 0 Å². The third-order valence-corrected chi connectivity index (χ3v) is 6.56. The number of nitrogens with zero attached hydrogens (tertiary/aromatic N) is 1. The van der Waals surface area contributed by atoms with Crippen LogP contribution in [0.25, 0.3) is 0 Å². The molecule has 0 bridgehead atoms. The second-order valence-electron chi connectivity index (χ2n) is 9.46. The molecule has 3 rings (SSSR count). The minimum absolute atomic E-state index is 0.0479. The predicted molar refractivity (Wildman–Crippen MR) is 139 cm³/mol. The molecule has 8 heteroatoms. The molecule has 0 radical (unpaired) electrons. The number of rotatable bonds is 10. The summed E-state index contributed by atoms with van der Waals surface area (Å²) in [5, 5.41) is 3.19. The van der Waals surface area contributed by atoms with Gasteiger partial charge in [0.2, 0.25) is 11.8 Å². The van der Waals surface area contributed by atoms with E-state index >= 15 is 0 Å². The Morgan fingerprint density at radius 1 is 1.06 bits per heavy atom. The first kappa shape index (κ1) is 27.8. The quantitative estimate of drug-likeness (QED) is 0.320. The summed E-state index contributed by atoms with van der Waals surface area (Å²) in [7, 11) is 1.53. The summed E-state index contributed by atoms with van der Waals surface area (Å²) in [5.41, 5.74) is 1.27. The lowest BCUT2D eigenvalue weighted by atomic mass is 10.0. The van der Waals surface area contributed by atoms with E-state index in [1.807, 2.05) is 13.8 Å². The number of alkyl halides is 1. The fourth-order valence-electron chi connectivity index (χ4n) is 4.57. The van der Waals surface area contributed by atoms with Crippen molar-refractivity contribution in [2.75, 3.05) is 13.0 Å². The normalized spacial score (nSPS) is 15.2.